The van der Waals surface area contributed by atoms with Gasteiger partial charge in [0, 0.05) is 0 Å². The fourth-order valence-corrected chi connectivity index (χ4v) is 0.887. The topological polar surface area (TPSA) is 74.6 Å². The molecule has 0 aliphatic rings. The minimum Gasteiger partial charge on any atom is -0.480 e. The fourth-order valence-electron chi connectivity index (χ4n) is 0.887. The first kappa shape index (κ1) is 11.4. The summed E-state index contributed by atoms with van der Waals surface area (Å²) in [6, 6.07) is 0. The number of carbonyl (C=O) groups is 2. The highest BCUT2D eigenvalue weighted by Gasteiger charge is 2.27. The smallest absolute Gasteiger partial charge is 0.322 e. The summed E-state index contributed by atoms with van der Waals surface area (Å²) in [5.41, 5.74) is 0.194. The average Bonchev–Trinajstić information content (AvgIpc) is 1.99. The summed E-state index contributed by atoms with van der Waals surface area (Å²) in [5.74, 6) is -4.25. The molecule has 72 valence electrons. The Bertz CT molecular complexity index is 228. The highest BCUT2D eigenvalue weighted by Crippen LogP contribution is 2.15. The monoisotopic (exact) mass is 184 g/mol. The first-order valence-electron chi connectivity index (χ1n) is 3.75. The van der Waals surface area contributed by atoms with Crippen LogP contribution in [0.15, 0.2) is 24.8 Å². The Kier molecular flexibility index (Phi) is 4.51. The number of carboxylic acid groups (broad SMARTS) is 2. The van der Waals surface area contributed by atoms with Crippen molar-refractivity contribution in [3.8, 4) is 0 Å². The largest absolute Gasteiger partial charge is 0.480 e. The number of hydrogen-bond donors (Lipinski definition) is 2. The Morgan fingerprint density at radius 3 is 2.08 bits per heavy atom. The van der Waals surface area contributed by atoms with E-state index in [-0.39, 0.29) is 5.57 Å². The summed E-state index contributed by atoms with van der Waals surface area (Å²) >= 11 is 0. The lowest BCUT2D eigenvalue weighted by Gasteiger charge is -2.09. The molecule has 0 aliphatic carbocycles. The number of rotatable bonds is 6. The molecule has 0 amide bonds. The second-order valence-electron chi connectivity index (χ2n) is 2.60. The molecule has 2 N–H and O–H groups in total. The van der Waals surface area contributed by atoms with Crippen LogP contribution in [0.5, 0.6) is 0 Å². The van der Waals surface area contributed by atoms with E-state index in [1.165, 1.54) is 0 Å². The van der Waals surface area contributed by atoms with Crippen molar-refractivity contribution in [3.63, 3.8) is 0 Å². The standard InChI is InChI=1S/C9H12O4/c1-3-4-5-6(2)7(8(10)11)9(12)13/h3,7H,1-2,4-5H2,(H,10,11)(H,12,13). The maximum atomic E-state index is 10.5. The maximum absolute atomic E-state index is 10.5. The third kappa shape index (κ3) is 3.55. The van der Waals surface area contributed by atoms with Gasteiger partial charge in [-0.25, -0.2) is 0 Å². The van der Waals surface area contributed by atoms with Crippen LogP contribution in [0.3, 0.4) is 0 Å². The average molecular weight is 184 g/mol. The second kappa shape index (κ2) is 5.13. The van der Waals surface area contributed by atoms with Crippen LogP contribution in [0.2, 0.25) is 0 Å². The van der Waals surface area contributed by atoms with Gasteiger partial charge in [-0.3, -0.25) is 9.59 Å². The van der Waals surface area contributed by atoms with Crippen molar-refractivity contribution in [2.75, 3.05) is 0 Å². The quantitative estimate of drug-likeness (QED) is 0.482. The van der Waals surface area contributed by atoms with E-state index in [9.17, 15) is 9.59 Å². The Morgan fingerprint density at radius 1 is 1.31 bits per heavy atom. The van der Waals surface area contributed by atoms with E-state index in [2.05, 4.69) is 13.2 Å². The lowest BCUT2D eigenvalue weighted by Crippen LogP contribution is -2.24. The summed E-state index contributed by atoms with van der Waals surface area (Å²) in [6.07, 6.45) is 2.47. The van der Waals surface area contributed by atoms with E-state index in [0.29, 0.717) is 12.8 Å². The highest BCUT2D eigenvalue weighted by atomic mass is 16.4. The molecule has 0 rings (SSSR count). The minimum absolute atomic E-state index is 0.194. The van der Waals surface area contributed by atoms with E-state index in [4.69, 9.17) is 10.2 Å². The van der Waals surface area contributed by atoms with Gasteiger partial charge in [0.15, 0.2) is 5.92 Å². The maximum Gasteiger partial charge on any atom is 0.322 e. The summed E-state index contributed by atoms with van der Waals surface area (Å²) < 4.78 is 0. The molecule has 4 heteroatoms. The molecule has 0 atom stereocenters. The van der Waals surface area contributed by atoms with Crippen LogP contribution in [0.1, 0.15) is 12.8 Å². The summed E-state index contributed by atoms with van der Waals surface area (Å²) in [6.45, 7) is 6.87. The summed E-state index contributed by atoms with van der Waals surface area (Å²) in [7, 11) is 0. The third-order valence-electron chi connectivity index (χ3n) is 1.57. The zero-order chi connectivity index (χ0) is 10.4. The van der Waals surface area contributed by atoms with E-state index in [1.807, 2.05) is 0 Å². The molecule has 0 unspecified atom stereocenters. The number of aliphatic carboxylic acids is 2. The number of carboxylic acids is 2. The predicted molar refractivity (Wildman–Crippen MR) is 47.3 cm³/mol. The number of hydrogen-bond acceptors (Lipinski definition) is 2. The first-order chi connectivity index (χ1) is 6.00. The normalized spacial score (nSPS) is 9.62. The van der Waals surface area contributed by atoms with Gasteiger partial charge in [0.25, 0.3) is 0 Å². The van der Waals surface area contributed by atoms with Gasteiger partial charge in [-0.1, -0.05) is 18.2 Å². The molecule has 13 heavy (non-hydrogen) atoms. The van der Waals surface area contributed by atoms with Crippen molar-refractivity contribution in [1.82, 2.24) is 0 Å². The van der Waals surface area contributed by atoms with Crippen LogP contribution in [-0.2, 0) is 9.59 Å². The Labute approximate surface area is 76.2 Å². The predicted octanol–water partition coefficient (Wildman–Crippen LogP) is 1.29. The zero-order valence-electron chi connectivity index (χ0n) is 7.19. The molecule has 0 heterocycles. The molecule has 0 aromatic heterocycles. The molecule has 0 fully saturated rings. The number of allylic oxidation sites excluding steroid dienone is 1. The molecule has 0 saturated carbocycles. The van der Waals surface area contributed by atoms with Crippen LogP contribution in [0, 0.1) is 5.92 Å². The molecule has 0 saturated heterocycles. The second-order valence-corrected chi connectivity index (χ2v) is 2.60. The molecule has 0 aliphatic heterocycles. The van der Waals surface area contributed by atoms with Gasteiger partial charge < -0.3 is 10.2 Å². The van der Waals surface area contributed by atoms with Crippen molar-refractivity contribution >= 4 is 11.9 Å². The Morgan fingerprint density at radius 2 is 1.77 bits per heavy atom. The molecular weight excluding hydrogens is 172 g/mol. The summed E-state index contributed by atoms with van der Waals surface area (Å²) in [4.78, 5) is 21.0. The van der Waals surface area contributed by atoms with Gasteiger partial charge in [0.1, 0.15) is 0 Å². The first-order valence-corrected chi connectivity index (χ1v) is 3.75. The summed E-state index contributed by atoms with van der Waals surface area (Å²) in [5, 5.41) is 17.1. The minimum atomic E-state index is -1.50. The molecule has 0 aromatic rings. The highest BCUT2D eigenvalue weighted by molar-refractivity contribution is 5.96. The van der Waals surface area contributed by atoms with E-state index in [0.717, 1.165) is 0 Å². The molecule has 0 bridgehead atoms. The van der Waals surface area contributed by atoms with Crippen LogP contribution < -0.4 is 0 Å². The lowest BCUT2D eigenvalue weighted by molar-refractivity contribution is -0.152. The van der Waals surface area contributed by atoms with Crippen LogP contribution >= 0.6 is 0 Å². The Balaban J connectivity index is 4.38. The molecule has 0 radical (unpaired) electrons. The van der Waals surface area contributed by atoms with Crippen molar-refractivity contribution < 1.29 is 19.8 Å². The van der Waals surface area contributed by atoms with Gasteiger partial charge >= 0.3 is 11.9 Å². The van der Waals surface area contributed by atoms with E-state index < -0.39 is 17.9 Å². The van der Waals surface area contributed by atoms with Gasteiger partial charge in [-0.2, -0.15) is 0 Å². The van der Waals surface area contributed by atoms with Crippen molar-refractivity contribution in [2.45, 2.75) is 12.8 Å². The van der Waals surface area contributed by atoms with Gasteiger partial charge in [0.2, 0.25) is 0 Å². The van der Waals surface area contributed by atoms with Crippen LogP contribution in [0.25, 0.3) is 0 Å². The van der Waals surface area contributed by atoms with Gasteiger partial charge in [-0.05, 0) is 12.8 Å². The van der Waals surface area contributed by atoms with E-state index >= 15 is 0 Å². The van der Waals surface area contributed by atoms with Crippen molar-refractivity contribution in [2.24, 2.45) is 5.92 Å². The molecule has 0 aromatic carbocycles. The van der Waals surface area contributed by atoms with Crippen molar-refractivity contribution in [3.05, 3.63) is 24.8 Å². The molecular formula is C9H12O4. The Hall–Kier alpha value is -1.58. The van der Waals surface area contributed by atoms with E-state index in [1.54, 1.807) is 6.08 Å². The zero-order valence-corrected chi connectivity index (χ0v) is 7.19. The van der Waals surface area contributed by atoms with Crippen LogP contribution in [0.4, 0.5) is 0 Å². The van der Waals surface area contributed by atoms with Gasteiger partial charge in [-0.15, -0.1) is 6.58 Å². The van der Waals surface area contributed by atoms with Crippen LogP contribution in [-0.4, -0.2) is 22.2 Å². The molecule has 0 spiro atoms. The SMILES string of the molecule is C=CCCC(=C)C(C(=O)O)C(=O)O. The fraction of sp³-hybridized carbons (Fsp3) is 0.333. The molecule has 4 nitrogen and oxygen atoms in total. The van der Waals surface area contributed by atoms with Crippen molar-refractivity contribution in [1.29, 1.82) is 0 Å². The lowest BCUT2D eigenvalue weighted by atomic mass is 9.97. The third-order valence-corrected chi connectivity index (χ3v) is 1.57. The van der Waals surface area contributed by atoms with Gasteiger partial charge in [0.05, 0.1) is 0 Å².